The Kier molecular flexibility index (Phi) is 8.51. The van der Waals surface area contributed by atoms with Crippen LogP contribution < -0.4 is 0 Å². The second kappa shape index (κ2) is 8.75. The molecule has 0 radical (unpaired) electrons. The summed E-state index contributed by atoms with van der Waals surface area (Å²) in [5.41, 5.74) is -2.11. The molecule has 1 atom stereocenters. The summed E-state index contributed by atoms with van der Waals surface area (Å²) in [6.45, 7) is -1.49. The van der Waals surface area contributed by atoms with Crippen LogP contribution in [0.4, 0.5) is 43.9 Å². The number of alkyl halides is 10. The molecule has 0 bridgehead atoms. The molecule has 4 nitrogen and oxygen atoms in total. The minimum Gasteiger partial charge on any atom is -0.291 e. The maximum Gasteiger partial charge on any atom is 0.692 e. The molecule has 1 aliphatic rings. The van der Waals surface area contributed by atoms with Crippen molar-refractivity contribution < 1.29 is 58.3 Å². The van der Waals surface area contributed by atoms with Crippen molar-refractivity contribution in [1.82, 2.24) is 4.90 Å². The van der Waals surface area contributed by atoms with Crippen LogP contribution in [-0.4, -0.2) is 57.5 Å². The Balaban J connectivity index is 0.00000153. The molecular formula is C12H17F10NO3P+. The van der Waals surface area contributed by atoms with Gasteiger partial charge in [0.05, 0.1) is 6.54 Å². The molecular weight excluding hydrogens is 427 g/mol. The summed E-state index contributed by atoms with van der Waals surface area (Å²) in [5.74, 6) is -10.4. The second-order valence-electron chi connectivity index (χ2n) is 6.21. The molecule has 0 aromatic rings. The molecule has 2 N–H and O–H groups in total. The highest BCUT2D eigenvalue weighted by Gasteiger charge is 2.63. The van der Waals surface area contributed by atoms with Gasteiger partial charge in [-0.1, -0.05) is 6.42 Å². The smallest absolute Gasteiger partial charge is 0.291 e. The van der Waals surface area contributed by atoms with E-state index in [9.17, 15) is 43.9 Å². The van der Waals surface area contributed by atoms with Crippen LogP contribution in [0.5, 0.6) is 0 Å². The zero-order valence-corrected chi connectivity index (χ0v) is 14.6. The highest BCUT2D eigenvalue weighted by atomic mass is 31.1. The maximum atomic E-state index is 13.2. The van der Waals surface area contributed by atoms with Gasteiger partial charge in [-0.15, -0.1) is 9.79 Å². The molecule has 1 saturated heterocycles. The highest BCUT2D eigenvalue weighted by molar-refractivity contribution is 7.30. The minimum absolute atomic E-state index is 0.140. The van der Waals surface area contributed by atoms with Crippen LogP contribution in [0, 0.1) is 0 Å². The summed E-state index contributed by atoms with van der Waals surface area (Å²) >= 11 is 0. The van der Waals surface area contributed by atoms with Gasteiger partial charge in [-0.2, -0.15) is 43.9 Å². The fourth-order valence-corrected chi connectivity index (χ4v) is 2.61. The lowest BCUT2D eigenvalue weighted by Crippen LogP contribution is -2.59. The quantitative estimate of drug-likeness (QED) is 0.490. The number of hydrogen-bond acceptors (Lipinski definition) is 2. The summed E-state index contributed by atoms with van der Waals surface area (Å²) in [6.07, 6.45) is -13.7. The zero-order valence-electron chi connectivity index (χ0n) is 13.7. The Hall–Kier alpha value is -0.720. The lowest BCUT2D eigenvalue weighted by atomic mass is 9.82. The van der Waals surface area contributed by atoms with Gasteiger partial charge in [0, 0.05) is 16.5 Å². The minimum atomic E-state index is -5.90. The van der Waals surface area contributed by atoms with Gasteiger partial charge in [0.15, 0.2) is 0 Å². The summed E-state index contributed by atoms with van der Waals surface area (Å²) in [5, 5.41) is 0. The average Bonchev–Trinajstić information content (AvgIpc) is 2.37. The SMILES string of the molecule is CC1(CC(F)(F)C(F)(F)F)CCCCN1CC(F)(F)C(F)(F)F.O=[P+](O)O. The first-order valence-corrected chi connectivity index (χ1v) is 8.41. The van der Waals surface area contributed by atoms with Gasteiger partial charge >= 0.3 is 32.5 Å². The van der Waals surface area contributed by atoms with Crippen LogP contribution in [0.25, 0.3) is 0 Å². The van der Waals surface area contributed by atoms with Gasteiger partial charge in [-0.3, -0.25) is 4.90 Å². The van der Waals surface area contributed by atoms with Gasteiger partial charge in [-0.25, -0.2) is 0 Å². The number of likely N-dealkylation sites (tertiary alicyclic amines) is 1. The van der Waals surface area contributed by atoms with Crippen molar-refractivity contribution in [3.8, 4) is 0 Å². The summed E-state index contributed by atoms with van der Waals surface area (Å²) < 4.78 is 135. The van der Waals surface area contributed by atoms with E-state index in [4.69, 9.17) is 14.4 Å². The Labute approximate surface area is 148 Å². The number of rotatable bonds is 4. The monoisotopic (exact) mass is 444 g/mol. The van der Waals surface area contributed by atoms with E-state index in [1.54, 1.807) is 0 Å². The highest BCUT2D eigenvalue weighted by Crippen LogP contribution is 2.46. The third-order valence-electron chi connectivity index (χ3n) is 3.98. The lowest BCUT2D eigenvalue weighted by Gasteiger charge is -2.47. The summed E-state index contributed by atoms with van der Waals surface area (Å²) in [4.78, 5) is 14.6. The van der Waals surface area contributed by atoms with Gasteiger partial charge in [0.25, 0.3) is 0 Å². The maximum absolute atomic E-state index is 13.2. The van der Waals surface area contributed by atoms with Crippen LogP contribution in [-0.2, 0) is 4.57 Å². The third-order valence-corrected chi connectivity index (χ3v) is 3.98. The molecule has 0 aliphatic carbocycles. The summed E-state index contributed by atoms with van der Waals surface area (Å²) in [6, 6.07) is 0. The molecule has 1 unspecified atom stereocenters. The molecule has 0 aromatic heterocycles. The van der Waals surface area contributed by atoms with E-state index in [1.165, 1.54) is 0 Å². The molecule has 1 heterocycles. The molecule has 0 amide bonds. The molecule has 27 heavy (non-hydrogen) atoms. The Bertz CT molecular complexity index is 507. The first-order valence-electron chi connectivity index (χ1n) is 7.24. The van der Waals surface area contributed by atoms with E-state index in [0.29, 0.717) is 4.90 Å². The largest absolute Gasteiger partial charge is 0.692 e. The zero-order chi connectivity index (χ0) is 21.9. The fraction of sp³-hybridized carbons (Fsp3) is 1.00. The number of piperidine rings is 1. The van der Waals surface area contributed by atoms with Crippen LogP contribution in [0.15, 0.2) is 0 Å². The molecule has 0 spiro atoms. The molecule has 15 heteroatoms. The molecule has 162 valence electrons. The van der Waals surface area contributed by atoms with Crippen molar-refractivity contribution in [2.75, 3.05) is 13.1 Å². The second-order valence-corrected chi connectivity index (χ2v) is 6.72. The topological polar surface area (TPSA) is 60.8 Å². The van der Waals surface area contributed by atoms with Crippen molar-refractivity contribution >= 4 is 8.25 Å². The Morgan fingerprint density at radius 1 is 0.889 bits per heavy atom. The standard InChI is InChI=1S/C12H15F10N.HO3P/c1-8(6-9(13,14)11(17,18)19)4-2-3-5-23(8)7-10(15,16)12(20,21)22;1-4(2)3/h2-7H2,1H3;(H-,1,2,3)/p+1. The Morgan fingerprint density at radius 3 is 1.67 bits per heavy atom. The van der Waals surface area contributed by atoms with Crippen molar-refractivity contribution in [2.45, 2.75) is 62.3 Å². The molecule has 0 aromatic carbocycles. The normalized spacial score (nSPS) is 22.9. The third kappa shape index (κ3) is 7.66. The van der Waals surface area contributed by atoms with Crippen LogP contribution >= 0.6 is 8.25 Å². The molecule has 1 rings (SSSR count). The van der Waals surface area contributed by atoms with Gasteiger partial charge in [0.1, 0.15) is 0 Å². The number of nitrogens with zero attached hydrogens (tertiary/aromatic N) is 1. The number of halogens is 10. The van der Waals surface area contributed by atoms with Gasteiger partial charge in [-0.05, 0) is 26.3 Å². The van der Waals surface area contributed by atoms with Crippen molar-refractivity contribution in [3.05, 3.63) is 0 Å². The number of hydrogen-bond donors (Lipinski definition) is 2. The van der Waals surface area contributed by atoms with E-state index in [2.05, 4.69) is 0 Å². The van der Waals surface area contributed by atoms with Gasteiger partial charge < -0.3 is 0 Å². The fourth-order valence-electron chi connectivity index (χ4n) is 2.61. The summed E-state index contributed by atoms with van der Waals surface area (Å²) in [7, 11) is -2.87. The first kappa shape index (κ1) is 26.3. The molecule has 0 saturated carbocycles. The lowest BCUT2D eigenvalue weighted by molar-refractivity contribution is -0.304. The van der Waals surface area contributed by atoms with Crippen LogP contribution in [0.1, 0.15) is 32.6 Å². The van der Waals surface area contributed by atoms with Crippen LogP contribution in [0.2, 0.25) is 0 Å². The van der Waals surface area contributed by atoms with Gasteiger partial charge in [0.2, 0.25) is 0 Å². The van der Waals surface area contributed by atoms with E-state index >= 15 is 0 Å². The predicted molar refractivity (Wildman–Crippen MR) is 72.5 cm³/mol. The van der Waals surface area contributed by atoms with E-state index in [1.807, 2.05) is 0 Å². The van der Waals surface area contributed by atoms with E-state index in [0.717, 1.165) is 6.92 Å². The predicted octanol–water partition coefficient (Wildman–Crippen LogP) is 4.64. The van der Waals surface area contributed by atoms with Crippen LogP contribution in [0.3, 0.4) is 0 Å². The van der Waals surface area contributed by atoms with E-state index in [-0.39, 0.29) is 19.3 Å². The van der Waals surface area contributed by atoms with Crippen molar-refractivity contribution in [1.29, 1.82) is 0 Å². The first-order chi connectivity index (χ1) is 11.8. The Morgan fingerprint density at radius 2 is 1.30 bits per heavy atom. The average molecular weight is 444 g/mol. The van der Waals surface area contributed by atoms with Crippen molar-refractivity contribution in [3.63, 3.8) is 0 Å². The molecule has 1 fully saturated rings. The van der Waals surface area contributed by atoms with Crippen molar-refractivity contribution in [2.24, 2.45) is 0 Å². The molecule has 1 aliphatic heterocycles. The van der Waals surface area contributed by atoms with E-state index < -0.39 is 57.5 Å².